The Morgan fingerprint density at radius 3 is 1.40 bits per heavy atom. The highest BCUT2D eigenvalue weighted by Crippen LogP contribution is 2.23. The van der Waals surface area contributed by atoms with Gasteiger partial charge < -0.3 is 81.9 Å². The number of hydrogen-bond acceptors (Lipinski definition) is 18. The van der Waals surface area contributed by atoms with Crippen molar-refractivity contribution in [3.05, 3.63) is 81.4 Å². The lowest BCUT2D eigenvalue weighted by atomic mass is 10.1. The normalized spacial score (nSPS) is 13.1. The van der Waals surface area contributed by atoms with E-state index in [0.717, 1.165) is 74.5 Å². The zero-order valence-electron chi connectivity index (χ0n) is 47.9. The van der Waals surface area contributed by atoms with Gasteiger partial charge in [0.15, 0.2) is 57.2 Å². The molecular weight excluding hydrogens is 1090 g/mol. The Bertz CT molecular complexity index is 2600. The maximum Gasteiger partial charge on any atom is 0.274 e. The van der Waals surface area contributed by atoms with E-state index in [9.17, 15) is 29.4 Å². The maximum absolute atomic E-state index is 13.1. The number of nitrogens with two attached hydrogens (primary N) is 3. The number of aromatic nitrogens is 4. The van der Waals surface area contributed by atoms with Crippen molar-refractivity contribution in [1.29, 1.82) is 0 Å². The van der Waals surface area contributed by atoms with Crippen LogP contribution in [0.1, 0.15) is 84.5 Å². The number of aliphatic hydroxyl groups is 2. The van der Waals surface area contributed by atoms with Crippen molar-refractivity contribution in [3.63, 3.8) is 0 Å². The number of carbonyl (C=O) groups is 4. The lowest BCUT2D eigenvalue weighted by Crippen LogP contribution is -2.54. The molecule has 0 fully saturated rings. The predicted octanol–water partition coefficient (Wildman–Crippen LogP) is 3.02. The molecule has 2 heterocycles. The molecule has 0 bridgehead atoms. The van der Waals surface area contributed by atoms with Gasteiger partial charge in [0, 0.05) is 45.8 Å². The standard InChI is InChI=1S/C55H84Cl2N14O10/c1-8-12-38(34-64-52(74)42-48(58)68-49(59)46(56)66-42)70(4,5)26-10-14-36-16-20-40(21-17-36)80-32-30-78-28-24-62-54(76)44(72)45(73)55(77)63-25-29-79-31-33-81-41-22-18-37(19-23-41)15-11-27-71(6,7)39(13-9-2)35-65-53(75)43-51(61-3)69-50(60)47(57)67-43/h16-23,38-39,44-45,72-73H,8-15,24-35H2,1-7H3,(H9-2,58,59,60,61,62,63,64,65,68,69,74,75,76,77)/p+2. The fraction of sp³-hybridized carbons (Fsp3) is 0.564. The van der Waals surface area contributed by atoms with Crippen LogP contribution in [0.2, 0.25) is 10.3 Å². The van der Waals surface area contributed by atoms with Gasteiger partial charge in [-0.1, -0.05) is 74.2 Å². The Morgan fingerprint density at radius 1 is 0.568 bits per heavy atom. The summed E-state index contributed by atoms with van der Waals surface area (Å²) in [5.74, 6) is -1.10. The van der Waals surface area contributed by atoms with E-state index in [1.807, 2.05) is 48.5 Å². The minimum absolute atomic E-state index is 0.0224. The molecule has 0 saturated heterocycles. The number of ether oxygens (including phenoxy) is 4. The van der Waals surface area contributed by atoms with Crippen LogP contribution in [-0.4, -0.2) is 201 Å². The van der Waals surface area contributed by atoms with Gasteiger partial charge in [-0.05, 0) is 48.2 Å². The number of amides is 4. The average molecular weight is 1170 g/mol. The fourth-order valence-electron chi connectivity index (χ4n) is 8.90. The first-order valence-electron chi connectivity index (χ1n) is 27.4. The zero-order valence-corrected chi connectivity index (χ0v) is 49.4. The molecule has 0 spiro atoms. The number of nitrogens with one attached hydrogen (secondary N) is 5. The molecule has 13 N–H and O–H groups in total. The molecule has 0 aliphatic heterocycles. The van der Waals surface area contributed by atoms with Crippen LogP contribution < -0.4 is 53.3 Å². The zero-order chi connectivity index (χ0) is 59.5. The van der Waals surface area contributed by atoms with Crippen LogP contribution in [0.25, 0.3) is 0 Å². The number of nitrogens with zero attached hydrogens (tertiary/aromatic N) is 6. The van der Waals surface area contributed by atoms with Gasteiger partial charge in [-0.2, -0.15) is 0 Å². The number of carbonyl (C=O) groups excluding carboxylic acids is 4. The summed E-state index contributed by atoms with van der Waals surface area (Å²) >= 11 is 12.0. The highest BCUT2D eigenvalue weighted by atomic mass is 35.5. The van der Waals surface area contributed by atoms with Crippen LogP contribution >= 0.6 is 23.2 Å². The smallest absolute Gasteiger partial charge is 0.274 e. The summed E-state index contributed by atoms with van der Waals surface area (Å²) in [6.45, 7) is 8.21. The third kappa shape index (κ3) is 22.5. The van der Waals surface area contributed by atoms with Crippen LogP contribution in [-0.2, 0) is 31.9 Å². The molecule has 4 unspecified atom stereocenters. The second-order valence-corrected chi connectivity index (χ2v) is 21.4. The molecule has 0 aliphatic carbocycles. The minimum atomic E-state index is -1.99. The van der Waals surface area contributed by atoms with Crippen LogP contribution in [0.15, 0.2) is 48.5 Å². The fourth-order valence-corrected chi connectivity index (χ4v) is 9.16. The second kappa shape index (κ2) is 34.2. The number of aryl methyl sites for hydroxylation is 2. The van der Waals surface area contributed by atoms with Gasteiger partial charge >= 0.3 is 0 Å². The third-order valence-corrected chi connectivity index (χ3v) is 14.4. The second-order valence-electron chi connectivity index (χ2n) is 20.7. The molecule has 26 heteroatoms. The molecule has 448 valence electrons. The van der Waals surface area contributed by atoms with Gasteiger partial charge in [-0.15, -0.1) is 0 Å². The van der Waals surface area contributed by atoms with Crippen molar-refractivity contribution in [2.24, 2.45) is 0 Å². The molecule has 2 aromatic heterocycles. The van der Waals surface area contributed by atoms with Gasteiger partial charge in [0.05, 0.1) is 80.8 Å². The summed E-state index contributed by atoms with van der Waals surface area (Å²) < 4.78 is 24.1. The van der Waals surface area contributed by atoms with Gasteiger partial charge in [-0.3, -0.25) is 19.2 Å². The maximum atomic E-state index is 13.1. The van der Waals surface area contributed by atoms with E-state index < -0.39 is 29.9 Å². The number of likely N-dealkylation sites (N-methyl/N-ethyl adjacent to an activating group) is 2. The first-order chi connectivity index (χ1) is 38.6. The first-order valence-corrected chi connectivity index (χ1v) is 28.2. The van der Waals surface area contributed by atoms with E-state index in [4.69, 9.17) is 59.4 Å². The molecular formula is C55H86Cl2N14O10+2. The van der Waals surface area contributed by atoms with Crippen LogP contribution in [0.3, 0.4) is 0 Å². The molecule has 4 aromatic rings. The minimum Gasteiger partial charge on any atom is -0.491 e. The van der Waals surface area contributed by atoms with Crippen molar-refractivity contribution >= 4 is 70.1 Å². The SMILES string of the molecule is CCCC(CNC(=O)c1nc(Cl)c(N)nc1N)[N+](C)(C)CCCc1ccc(OCCOCCNC(=O)C(O)C(O)C(=O)NCCOCCOc2ccc(CCC[N+](C)(C)C(CCC)CNC(=O)c3nc(Cl)c(N)nc3NC)cc2)cc1. The van der Waals surface area contributed by atoms with Crippen LogP contribution in [0.5, 0.6) is 11.5 Å². The van der Waals surface area contributed by atoms with Crippen molar-refractivity contribution in [2.45, 2.75) is 89.5 Å². The van der Waals surface area contributed by atoms with E-state index in [0.29, 0.717) is 29.1 Å². The third-order valence-electron chi connectivity index (χ3n) is 13.8. The number of aliphatic hydroxyl groups excluding tert-OH is 2. The highest BCUT2D eigenvalue weighted by molar-refractivity contribution is 6.32. The van der Waals surface area contributed by atoms with Crippen molar-refractivity contribution in [1.82, 2.24) is 41.2 Å². The van der Waals surface area contributed by atoms with Crippen LogP contribution in [0.4, 0.5) is 23.3 Å². The van der Waals surface area contributed by atoms with E-state index >= 15 is 0 Å². The van der Waals surface area contributed by atoms with E-state index in [2.05, 4.69) is 88.6 Å². The molecule has 4 rings (SSSR count). The molecule has 24 nitrogen and oxygen atoms in total. The Kier molecular flexibility index (Phi) is 28.3. The van der Waals surface area contributed by atoms with Gasteiger partial charge in [0.2, 0.25) is 0 Å². The summed E-state index contributed by atoms with van der Waals surface area (Å²) in [5, 5.41) is 34.2. The Labute approximate surface area is 485 Å². The van der Waals surface area contributed by atoms with Crippen molar-refractivity contribution in [2.75, 3.05) is 137 Å². The molecule has 4 amide bonds. The topological polar surface area (TPSA) is 335 Å². The van der Waals surface area contributed by atoms with Crippen LogP contribution in [0, 0.1) is 0 Å². The molecule has 0 aliphatic rings. The molecule has 0 saturated carbocycles. The summed E-state index contributed by atoms with van der Waals surface area (Å²) in [4.78, 5) is 66.9. The number of hydrogen-bond donors (Lipinski definition) is 10. The summed E-state index contributed by atoms with van der Waals surface area (Å²) in [7, 11) is 10.3. The van der Waals surface area contributed by atoms with Gasteiger partial charge in [-0.25, -0.2) is 19.9 Å². The predicted molar refractivity (Wildman–Crippen MR) is 313 cm³/mol. The Balaban J connectivity index is 1.01. The summed E-state index contributed by atoms with van der Waals surface area (Å²) in [6.07, 6.45) is 3.35. The lowest BCUT2D eigenvalue weighted by molar-refractivity contribution is -0.914. The lowest BCUT2D eigenvalue weighted by Gasteiger charge is -2.38. The Morgan fingerprint density at radius 2 is 0.975 bits per heavy atom. The molecule has 0 radical (unpaired) electrons. The quantitative estimate of drug-likeness (QED) is 0.0228. The highest BCUT2D eigenvalue weighted by Gasteiger charge is 2.32. The molecule has 4 atom stereocenters. The van der Waals surface area contributed by atoms with Gasteiger partial charge in [0.1, 0.15) is 36.8 Å². The van der Waals surface area contributed by atoms with E-state index in [1.165, 1.54) is 5.56 Å². The average Bonchev–Trinajstić information content (AvgIpc) is 3.46. The Hall–Kier alpha value is -6.38. The van der Waals surface area contributed by atoms with Gasteiger partial charge in [0.25, 0.3) is 23.6 Å². The summed E-state index contributed by atoms with van der Waals surface area (Å²) in [5.41, 5.74) is 19.7. The molecule has 81 heavy (non-hydrogen) atoms. The number of rotatable bonds is 38. The molecule has 2 aromatic carbocycles. The van der Waals surface area contributed by atoms with E-state index in [1.54, 1.807) is 7.05 Å². The number of nitrogen functional groups attached to an aromatic ring is 3. The summed E-state index contributed by atoms with van der Waals surface area (Å²) in [6, 6.07) is 16.0. The number of benzene rings is 2. The van der Waals surface area contributed by atoms with E-state index in [-0.39, 0.29) is 116 Å². The first kappa shape index (κ1) is 67.1. The largest absolute Gasteiger partial charge is 0.491 e. The number of halogens is 2. The number of quaternary nitrogens is 2. The van der Waals surface area contributed by atoms with Crippen molar-refractivity contribution < 1.29 is 57.3 Å². The monoisotopic (exact) mass is 1170 g/mol. The van der Waals surface area contributed by atoms with Crippen molar-refractivity contribution in [3.8, 4) is 11.5 Å². The number of anilines is 4.